The van der Waals surface area contributed by atoms with Crippen molar-refractivity contribution < 1.29 is 0 Å². The number of para-hydroxylation sites is 2. The van der Waals surface area contributed by atoms with Crippen LogP contribution in [0.25, 0.3) is 5.32 Å². The summed E-state index contributed by atoms with van der Waals surface area (Å²) < 4.78 is 0. The highest BCUT2D eigenvalue weighted by molar-refractivity contribution is 5.67. The van der Waals surface area contributed by atoms with Crippen LogP contribution in [0.4, 0.5) is 11.4 Å². The van der Waals surface area contributed by atoms with Crippen LogP contribution in [-0.2, 0) is 25.7 Å². The molecule has 2 nitrogen and oxygen atoms in total. The predicted octanol–water partition coefficient (Wildman–Crippen LogP) is 7.47. The number of nitrogens with one attached hydrogen (secondary N) is 1. The van der Waals surface area contributed by atoms with Gasteiger partial charge in [0.25, 0.3) is 0 Å². The Morgan fingerprint density at radius 3 is 1.74 bits per heavy atom. The molecule has 1 N–H and O–H groups in total. The van der Waals surface area contributed by atoms with E-state index in [0.717, 1.165) is 42.8 Å². The van der Waals surface area contributed by atoms with Crippen LogP contribution >= 0.6 is 0 Å². The molecule has 0 bridgehead atoms. The lowest BCUT2D eigenvalue weighted by atomic mass is 10.0. The zero-order valence-corrected chi connectivity index (χ0v) is 17.5. The van der Waals surface area contributed by atoms with Gasteiger partial charge >= 0.3 is 0 Å². The van der Waals surface area contributed by atoms with Crippen LogP contribution in [0.2, 0.25) is 0 Å². The maximum absolute atomic E-state index is 4.93. The standard InChI is InChI=1S/C25H33N2/c1-7-20-13-11-14-21(8-2)24(20)26-18(5)17-19(6)27-25-22(9-3)15-12-16-23(25)10-4/h11-17,26H,5,7-10H2,1-4,6H3/q-1/b19-17+. The summed E-state index contributed by atoms with van der Waals surface area (Å²) in [4.78, 5) is 0. The average Bonchev–Trinajstić information content (AvgIpc) is 2.67. The minimum atomic E-state index is 0.874. The molecule has 2 heteroatoms. The molecule has 0 spiro atoms. The zero-order valence-electron chi connectivity index (χ0n) is 17.5. The van der Waals surface area contributed by atoms with Crippen molar-refractivity contribution in [2.24, 2.45) is 0 Å². The molecule has 0 unspecified atom stereocenters. The summed E-state index contributed by atoms with van der Waals surface area (Å²) in [7, 11) is 0. The van der Waals surface area contributed by atoms with Gasteiger partial charge in [0, 0.05) is 11.4 Å². The Morgan fingerprint density at radius 2 is 1.30 bits per heavy atom. The van der Waals surface area contributed by atoms with Crippen molar-refractivity contribution in [1.82, 2.24) is 0 Å². The quantitative estimate of drug-likeness (QED) is 0.460. The molecule has 0 saturated carbocycles. The first-order chi connectivity index (χ1) is 13.0. The second kappa shape index (κ2) is 10.0. The lowest BCUT2D eigenvalue weighted by molar-refractivity contribution is 1.08. The molecule has 2 aromatic carbocycles. The summed E-state index contributed by atoms with van der Waals surface area (Å²) in [5.41, 5.74) is 9.39. The van der Waals surface area contributed by atoms with E-state index in [4.69, 9.17) is 5.32 Å². The summed E-state index contributed by atoms with van der Waals surface area (Å²) in [6.45, 7) is 15.0. The van der Waals surface area contributed by atoms with E-state index >= 15 is 0 Å². The van der Waals surface area contributed by atoms with Crippen LogP contribution < -0.4 is 5.32 Å². The molecule has 0 radical (unpaired) electrons. The second-order valence-electron chi connectivity index (χ2n) is 6.84. The average molecular weight is 362 g/mol. The fourth-order valence-electron chi connectivity index (χ4n) is 3.42. The topological polar surface area (TPSA) is 26.1 Å². The van der Waals surface area contributed by atoms with E-state index in [2.05, 4.69) is 76.0 Å². The minimum Gasteiger partial charge on any atom is -0.661 e. The van der Waals surface area contributed by atoms with Gasteiger partial charge in [-0.25, -0.2) is 0 Å². The van der Waals surface area contributed by atoms with E-state index in [0.29, 0.717) is 0 Å². The zero-order chi connectivity index (χ0) is 19.8. The van der Waals surface area contributed by atoms with Crippen LogP contribution in [0.1, 0.15) is 56.9 Å². The Balaban J connectivity index is 2.22. The molecule has 0 fully saturated rings. The van der Waals surface area contributed by atoms with E-state index in [-0.39, 0.29) is 0 Å². The van der Waals surface area contributed by atoms with Gasteiger partial charge in [-0.2, -0.15) is 5.70 Å². The summed E-state index contributed by atoms with van der Waals surface area (Å²) in [5, 5.41) is 8.45. The van der Waals surface area contributed by atoms with Crippen molar-refractivity contribution in [3.8, 4) is 0 Å². The van der Waals surface area contributed by atoms with Crippen LogP contribution in [0.3, 0.4) is 0 Å². The van der Waals surface area contributed by atoms with E-state index in [1.807, 2.05) is 13.0 Å². The largest absolute Gasteiger partial charge is 0.661 e. The third kappa shape index (κ3) is 5.26. The summed E-state index contributed by atoms with van der Waals surface area (Å²) in [6.07, 6.45) is 6.02. The van der Waals surface area contributed by atoms with Gasteiger partial charge in [-0.05, 0) is 36.8 Å². The van der Waals surface area contributed by atoms with Gasteiger partial charge in [0.05, 0.1) is 0 Å². The molecule has 0 saturated heterocycles. The summed E-state index contributed by atoms with van der Waals surface area (Å²) in [5.74, 6) is 0. The Labute approximate surface area is 165 Å². The maximum Gasteiger partial charge on any atom is 0.0448 e. The highest BCUT2D eigenvalue weighted by Gasteiger charge is 2.06. The Morgan fingerprint density at radius 1 is 0.852 bits per heavy atom. The SMILES string of the molecule is C=C(/C=C(\C)[N-]c1c(CC)cccc1CC)Nc1c(CC)cccc1CC. The first-order valence-electron chi connectivity index (χ1n) is 10.1. The van der Waals surface area contributed by atoms with Gasteiger partial charge in [0.15, 0.2) is 0 Å². The molecule has 0 amide bonds. The first kappa shape index (κ1) is 20.8. The molecule has 0 aliphatic heterocycles. The van der Waals surface area contributed by atoms with Crippen molar-refractivity contribution in [2.45, 2.75) is 60.3 Å². The lowest BCUT2D eigenvalue weighted by Gasteiger charge is -2.30. The molecule has 144 valence electrons. The van der Waals surface area contributed by atoms with Crippen LogP contribution in [0.15, 0.2) is 60.4 Å². The predicted molar refractivity (Wildman–Crippen MR) is 120 cm³/mol. The molecule has 0 aliphatic rings. The van der Waals surface area contributed by atoms with Crippen molar-refractivity contribution in [3.05, 3.63) is 88.0 Å². The number of hydrogen-bond acceptors (Lipinski definition) is 1. The second-order valence-corrected chi connectivity index (χ2v) is 6.84. The smallest absolute Gasteiger partial charge is 0.0448 e. The summed E-state index contributed by atoms with van der Waals surface area (Å²) >= 11 is 0. The highest BCUT2D eigenvalue weighted by Crippen LogP contribution is 2.33. The van der Waals surface area contributed by atoms with E-state index in [9.17, 15) is 0 Å². The van der Waals surface area contributed by atoms with Gasteiger partial charge in [0.2, 0.25) is 0 Å². The van der Waals surface area contributed by atoms with Crippen LogP contribution in [0, 0.1) is 0 Å². The Hall–Kier alpha value is -2.48. The number of benzene rings is 2. The number of nitrogens with zero attached hydrogens (tertiary/aromatic N) is 1. The fourth-order valence-corrected chi connectivity index (χ4v) is 3.42. The van der Waals surface area contributed by atoms with Gasteiger partial charge < -0.3 is 10.6 Å². The van der Waals surface area contributed by atoms with E-state index in [1.54, 1.807) is 0 Å². The van der Waals surface area contributed by atoms with Gasteiger partial charge in [-0.3, -0.25) is 0 Å². The number of allylic oxidation sites excluding steroid dienone is 2. The molecule has 2 rings (SSSR count). The van der Waals surface area contributed by atoms with E-state index < -0.39 is 0 Å². The molecule has 2 aromatic rings. The van der Waals surface area contributed by atoms with Crippen LogP contribution in [0.5, 0.6) is 0 Å². The molecule has 0 heterocycles. The van der Waals surface area contributed by atoms with Crippen molar-refractivity contribution in [1.29, 1.82) is 0 Å². The number of anilines is 1. The molecular weight excluding hydrogens is 328 g/mol. The molecule has 0 atom stereocenters. The fraction of sp³-hybridized carbons (Fsp3) is 0.360. The van der Waals surface area contributed by atoms with Gasteiger partial charge in [-0.15, -0.1) is 5.69 Å². The molecule has 0 aromatic heterocycles. The lowest BCUT2D eigenvalue weighted by Crippen LogP contribution is -2.03. The van der Waals surface area contributed by atoms with E-state index in [1.165, 1.54) is 27.9 Å². The van der Waals surface area contributed by atoms with Crippen molar-refractivity contribution in [2.75, 3.05) is 5.32 Å². The van der Waals surface area contributed by atoms with Gasteiger partial charge in [-0.1, -0.05) is 94.8 Å². The van der Waals surface area contributed by atoms with Crippen LogP contribution in [-0.4, -0.2) is 0 Å². The third-order valence-electron chi connectivity index (χ3n) is 4.92. The maximum atomic E-state index is 4.93. The molecule has 27 heavy (non-hydrogen) atoms. The summed E-state index contributed by atoms with van der Waals surface area (Å²) in [6, 6.07) is 13.0. The first-order valence-corrected chi connectivity index (χ1v) is 10.1. The Bertz CT molecular complexity index is 771. The third-order valence-corrected chi connectivity index (χ3v) is 4.92. The normalized spacial score (nSPS) is 11.4. The molecule has 0 aliphatic carbocycles. The monoisotopic (exact) mass is 361 g/mol. The van der Waals surface area contributed by atoms with Crippen molar-refractivity contribution >= 4 is 11.4 Å². The highest BCUT2D eigenvalue weighted by atomic mass is 14.9. The number of rotatable bonds is 9. The van der Waals surface area contributed by atoms with Crippen molar-refractivity contribution in [3.63, 3.8) is 0 Å². The number of aryl methyl sites for hydroxylation is 4. The molecular formula is C25H33N2-. The Kier molecular flexibility index (Phi) is 7.72. The van der Waals surface area contributed by atoms with Gasteiger partial charge in [0.1, 0.15) is 0 Å². The number of hydrogen-bond donors (Lipinski definition) is 1. The minimum absolute atomic E-state index is 0.874.